The van der Waals surface area contributed by atoms with Crippen LogP contribution in [0, 0.1) is 0 Å². The summed E-state index contributed by atoms with van der Waals surface area (Å²) in [7, 11) is 0. The number of hydrogen-bond acceptors (Lipinski definition) is 13. The van der Waals surface area contributed by atoms with Crippen molar-refractivity contribution in [3.8, 4) is 45.6 Å². The topological polar surface area (TPSA) is 210 Å². The standard InChI is InChI=1S/C48H24N8.C32H16N8.Ga.H2O.V/c1-2-10-26-18-34-33(17-25(26)9-1)41-49-42(34)54-44-37-21-29-13-5-6-14-30(29)22-38(37)46(51-44)56-48-40-24-32-16-8-7-15-31(32)23-39(40)47(52-48)55-45-36-20-28-12-4-3-11-27(28)19-35(36)43(50-45)53-41;1-2-10-18-17(9-1)25-33-26(18)38-28-21-13-5-6-14-22(21)30(35-28)40-32-24-16-8-7-15-23(24)31(36-32)39-29-20-12-4-3-11-19(20)27(34-29)37-25;;;/h1-24H;1-16H;;1H2;/q2*-2;+3;;+2/p-1. The van der Waals surface area contributed by atoms with Crippen LogP contribution in [0.4, 0.5) is 11.6 Å². The molecule has 14 bridgehead atoms. The van der Waals surface area contributed by atoms with E-state index in [0.29, 0.717) is 91.8 Å². The van der Waals surface area contributed by atoms with Crippen molar-refractivity contribution in [3.05, 3.63) is 276 Å². The summed E-state index contributed by atoms with van der Waals surface area (Å²) in [4.78, 5) is 71.6. The van der Waals surface area contributed by atoms with Crippen LogP contribution in [0.3, 0.4) is 0 Å². The molecule has 1 N–H and O–H groups in total. The molecule has 17 aromatic rings. The molecule has 99 heavy (non-hydrogen) atoms. The Hall–Kier alpha value is -12.4. The first-order valence-corrected chi connectivity index (χ1v) is 35.4. The molecule has 5 aromatic heterocycles. The summed E-state index contributed by atoms with van der Waals surface area (Å²) < 4.78 is 17.5. The van der Waals surface area contributed by atoms with E-state index in [1.807, 2.05) is 152 Å². The fourth-order valence-electron chi connectivity index (χ4n) is 14.8. The first kappa shape index (κ1) is 55.8. The number of benzene rings is 12. The zero-order chi connectivity index (χ0) is 64.0. The minimum Gasteiger partial charge on any atom is -0.357 e. The molecule has 23 rings (SSSR count). The third-order valence-electron chi connectivity index (χ3n) is 19.4. The SMILES string of the molecule is [OH][Ga]1[n]2c3c4cc5ccccc5cc4c2N=C2N=C(N=c4c5cc6ccccc6cc5c([n]41)=NC1=NC(=N3)c3cc4ccccc4cc31)c1cc3ccccc3cc12.[V+2].c1ccc2c(c1)-c1nc-2nc2[n-]c(nc3nc(nc4[n-]c(n1)c1ccccc41)-c1ccccc1-3)c1ccccc21. The molecule has 0 aliphatic carbocycles. The van der Waals surface area contributed by atoms with E-state index in [-0.39, 0.29) is 18.6 Å². The van der Waals surface area contributed by atoms with E-state index in [4.69, 9.17) is 69.8 Å². The molecule has 0 fully saturated rings. The van der Waals surface area contributed by atoms with Crippen molar-refractivity contribution >= 4 is 161 Å². The minimum absolute atomic E-state index is 0. The molecule has 0 saturated carbocycles. The second-order valence-electron chi connectivity index (χ2n) is 25.0. The molecular formula is C80H41GaN16OV. The molecule has 17 nitrogen and oxygen atoms in total. The number of aromatic nitrogens is 10. The van der Waals surface area contributed by atoms with Crippen molar-refractivity contribution in [2.24, 2.45) is 30.0 Å². The molecule has 6 aliphatic heterocycles. The normalized spacial score (nSPS) is 13.6. The Kier molecular flexibility index (Phi) is 11.9. The predicted molar refractivity (Wildman–Crippen MR) is 387 cm³/mol. The molecule has 0 atom stereocenters. The van der Waals surface area contributed by atoms with E-state index in [2.05, 4.69) is 97.1 Å². The molecule has 11 heterocycles. The summed E-state index contributed by atoms with van der Waals surface area (Å²) >= 11 is -4.12. The van der Waals surface area contributed by atoms with Gasteiger partial charge in [-0.05, 0) is 21.5 Å². The Morgan fingerprint density at radius 1 is 0.253 bits per heavy atom. The van der Waals surface area contributed by atoms with Gasteiger partial charge in [0.2, 0.25) is 0 Å². The summed E-state index contributed by atoms with van der Waals surface area (Å²) in [6, 6.07) is 82.5. The fourth-order valence-corrected chi connectivity index (χ4v) is 18.8. The van der Waals surface area contributed by atoms with Crippen LogP contribution in [0.1, 0.15) is 22.3 Å². The molecule has 0 amide bonds. The van der Waals surface area contributed by atoms with Gasteiger partial charge in [-0.3, -0.25) is 0 Å². The summed E-state index contributed by atoms with van der Waals surface area (Å²) in [6.45, 7) is 0. The van der Waals surface area contributed by atoms with Crippen molar-refractivity contribution in [3.63, 3.8) is 0 Å². The molecule has 0 spiro atoms. The summed E-state index contributed by atoms with van der Waals surface area (Å²) in [5.41, 5.74) is 10.6. The van der Waals surface area contributed by atoms with E-state index in [0.717, 1.165) is 131 Å². The minimum atomic E-state index is -4.12. The average Bonchev–Trinajstić information content (AvgIpc) is 1.55. The molecule has 12 aromatic carbocycles. The van der Waals surface area contributed by atoms with Crippen LogP contribution in [-0.4, -0.2) is 80.8 Å². The number of nitrogens with zero attached hydrogens (tertiary/aromatic N) is 16. The Morgan fingerprint density at radius 2 is 0.515 bits per heavy atom. The van der Waals surface area contributed by atoms with Crippen LogP contribution in [0.15, 0.2) is 273 Å². The van der Waals surface area contributed by atoms with Gasteiger partial charge < -0.3 is 29.9 Å². The van der Waals surface area contributed by atoms with E-state index in [9.17, 15) is 3.90 Å². The smallest absolute Gasteiger partial charge is 0.357 e. The summed E-state index contributed by atoms with van der Waals surface area (Å²) in [5.74, 6) is 5.61. The quantitative estimate of drug-likeness (QED) is 0.143. The second kappa shape index (κ2) is 21.0. The first-order valence-electron chi connectivity index (χ1n) is 32.2. The second-order valence-corrected chi connectivity index (χ2v) is 28.6. The monoisotopic (exact) mass is 1360 g/mol. The van der Waals surface area contributed by atoms with Crippen molar-refractivity contribution in [1.82, 2.24) is 46.4 Å². The van der Waals surface area contributed by atoms with Gasteiger partial charge in [-0.15, -0.1) is 0 Å². The fraction of sp³-hybridized carbons (Fsp3) is 0. The van der Waals surface area contributed by atoms with Crippen molar-refractivity contribution in [2.75, 3.05) is 0 Å². The van der Waals surface area contributed by atoms with Crippen molar-refractivity contribution < 1.29 is 22.5 Å². The molecule has 6 aliphatic rings. The maximum Gasteiger partial charge on any atom is 2.00 e. The van der Waals surface area contributed by atoms with Gasteiger partial charge in [0.1, 0.15) is 0 Å². The Bertz CT molecular complexity index is 6500. The zero-order valence-electron chi connectivity index (χ0n) is 51.7. The third kappa shape index (κ3) is 8.35. The van der Waals surface area contributed by atoms with Gasteiger partial charge in [-0.1, -0.05) is 97.1 Å². The van der Waals surface area contributed by atoms with Gasteiger partial charge in [-0.2, -0.15) is 0 Å². The average molecular weight is 1360 g/mol. The molecule has 19 heteroatoms. The summed E-state index contributed by atoms with van der Waals surface area (Å²) in [5, 5.41) is 15.7. The number of amidine groups is 4. The van der Waals surface area contributed by atoms with Gasteiger partial charge >= 0.3 is 354 Å². The van der Waals surface area contributed by atoms with Crippen LogP contribution < -0.4 is 20.9 Å². The number of hydrogen-bond donors (Lipinski definition) is 1. The van der Waals surface area contributed by atoms with Crippen LogP contribution in [0.25, 0.3) is 154 Å². The molecule has 1 radical (unpaired) electrons. The van der Waals surface area contributed by atoms with E-state index < -0.39 is 17.1 Å². The number of fused-ring (bicyclic) bond motifs is 38. The van der Waals surface area contributed by atoms with Gasteiger partial charge in [0, 0.05) is 44.8 Å². The van der Waals surface area contributed by atoms with Crippen LogP contribution >= 0.6 is 0 Å². The number of rotatable bonds is 0. The van der Waals surface area contributed by atoms with Gasteiger partial charge in [0.05, 0.1) is 23.3 Å². The number of aliphatic imine (C=N–C) groups is 4. The van der Waals surface area contributed by atoms with Crippen molar-refractivity contribution in [2.45, 2.75) is 0 Å². The van der Waals surface area contributed by atoms with Gasteiger partial charge in [0.25, 0.3) is 0 Å². The molecular weight excluding hydrogens is 1320 g/mol. The molecule has 0 saturated heterocycles. The van der Waals surface area contributed by atoms with Crippen LogP contribution in [0.2, 0.25) is 0 Å². The van der Waals surface area contributed by atoms with Crippen molar-refractivity contribution in [1.29, 1.82) is 0 Å². The maximum atomic E-state index is 13.5. The summed E-state index contributed by atoms with van der Waals surface area (Å²) in [6.07, 6.45) is 0. The van der Waals surface area contributed by atoms with Gasteiger partial charge in [-0.25, -0.2) is 9.97 Å². The zero-order valence-corrected chi connectivity index (χ0v) is 55.5. The first-order chi connectivity index (χ1) is 48.4. The van der Waals surface area contributed by atoms with E-state index in [1.54, 1.807) is 0 Å². The van der Waals surface area contributed by atoms with E-state index >= 15 is 0 Å². The Morgan fingerprint density at radius 3 is 0.828 bits per heavy atom. The molecule has 455 valence electrons. The third-order valence-corrected chi connectivity index (χ3v) is 23.4. The maximum absolute atomic E-state index is 13.5. The van der Waals surface area contributed by atoms with E-state index in [1.165, 1.54) is 0 Å². The predicted octanol–water partition coefficient (Wildman–Crippen LogP) is 14.7. The van der Waals surface area contributed by atoms with Crippen LogP contribution in [-0.2, 0) is 18.6 Å². The largest absolute Gasteiger partial charge is 2.00 e. The Balaban J connectivity index is 0.000000138. The van der Waals surface area contributed by atoms with Crippen LogP contribution in [0.5, 0.6) is 0 Å². The Labute approximate surface area is 577 Å². The van der Waals surface area contributed by atoms with Gasteiger partial charge in [0.15, 0.2) is 0 Å². The molecule has 0 unspecified atom stereocenters.